The van der Waals surface area contributed by atoms with Gasteiger partial charge in [-0.05, 0) is 47.0 Å². The molecule has 0 bridgehead atoms. The number of hydrogen-bond donors (Lipinski definition) is 1. The summed E-state index contributed by atoms with van der Waals surface area (Å²) in [7, 11) is 2.02. The molecule has 4 rings (SSSR count). The Kier molecular flexibility index (Phi) is 3.39. The van der Waals surface area contributed by atoms with E-state index in [-0.39, 0.29) is 5.69 Å². The van der Waals surface area contributed by atoms with Gasteiger partial charge in [-0.2, -0.15) is 0 Å². The highest BCUT2D eigenvalue weighted by Crippen LogP contribution is 2.30. The fourth-order valence-corrected chi connectivity index (χ4v) is 3.18. The van der Waals surface area contributed by atoms with Crippen LogP contribution >= 0.6 is 0 Å². The highest BCUT2D eigenvalue weighted by Gasteiger charge is 2.13. The van der Waals surface area contributed by atoms with Crippen molar-refractivity contribution in [1.29, 1.82) is 0 Å². The van der Waals surface area contributed by atoms with Gasteiger partial charge in [0, 0.05) is 29.5 Å². The van der Waals surface area contributed by atoms with E-state index < -0.39 is 5.91 Å². The standard InChI is InChI=1S/C21H17N3O/c1-13(14-7-8-20-15(11-14)9-10-24(20)2)17-12-19(21(22)25)23-18-6-4-3-5-16(17)18/h3-12H,1H2,2H3,(H2,22,25). The van der Waals surface area contributed by atoms with Gasteiger partial charge in [-0.25, -0.2) is 4.98 Å². The Morgan fingerprint density at radius 3 is 2.72 bits per heavy atom. The van der Waals surface area contributed by atoms with Crippen LogP contribution in [-0.2, 0) is 7.05 Å². The number of hydrogen-bond acceptors (Lipinski definition) is 2. The zero-order chi connectivity index (χ0) is 17.6. The van der Waals surface area contributed by atoms with E-state index in [2.05, 4.69) is 34.3 Å². The number of primary amides is 1. The van der Waals surface area contributed by atoms with E-state index in [1.54, 1.807) is 6.07 Å². The fourth-order valence-electron chi connectivity index (χ4n) is 3.18. The zero-order valence-corrected chi connectivity index (χ0v) is 13.9. The van der Waals surface area contributed by atoms with Crippen LogP contribution < -0.4 is 5.73 Å². The van der Waals surface area contributed by atoms with Gasteiger partial charge in [0.25, 0.3) is 5.91 Å². The minimum absolute atomic E-state index is 0.246. The number of pyridine rings is 1. The molecule has 1 amide bonds. The number of aryl methyl sites for hydroxylation is 1. The summed E-state index contributed by atoms with van der Waals surface area (Å²) >= 11 is 0. The van der Waals surface area contributed by atoms with Crippen LogP contribution in [0.1, 0.15) is 21.6 Å². The molecular formula is C21H17N3O. The van der Waals surface area contributed by atoms with Gasteiger partial charge in [0.05, 0.1) is 5.52 Å². The Morgan fingerprint density at radius 2 is 1.92 bits per heavy atom. The van der Waals surface area contributed by atoms with Crippen LogP contribution in [0.5, 0.6) is 0 Å². The average Bonchev–Trinajstić information content (AvgIpc) is 3.00. The summed E-state index contributed by atoms with van der Waals surface area (Å²) in [5.41, 5.74) is 10.3. The number of aromatic nitrogens is 2. The van der Waals surface area contributed by atoms with Gasteiger partial charge in [-0.15, -0.1) is 0 Å². The molecule has 0 saturated carbocycles. The summed E-state index contributed by atoms with van der Waals surface area (Å²) in [4.78, 5) is 16.0. The highest BCUT2D eigenvalue weighted by atomic mass is 16.1. The number of nitrogens with two attached hydrogens (primary N) is 1. The van der Waals surface area contributed by atoms with Gasteiger partial charge in [0.2, 0.25) is 0 Å². The van der Waals surface area contributed by atoms with Crippen molar-refractivity contribution in [3.8, 4) is 0 Å². The van der Waals surface area contributed by atoms with E-state index in [1.165, 1.54) is 0 Å². The minimum Gasteiger partial charge on any atom is -0.364 e. The van der Waals surface area contributed by atoms with E-state index in [1.807, 2.05) is 43.6 Å². The maximum absolute atomic E-state index is 11.7. The van der Waals surface area contributed by atoms with E-state index >= 15 is 0 Å². The molecule has 2 aromatic carbocycles. The Morgan fingerprint density at radius 1 is 1.12 bits per heavy atom. The first kappa shape index (κ1) is 15.1. The molecule has 4 aromatic rings. The van der Waals surface area contributed by atoms with Crippen LogP contribution in [0.15, 0.2) is 67.4 Å². The molecule has 4 heteroatoms. The third-order valence-electron chi connectivity index (χ3n) is 4.53. The number of fused-ring (bicyclic) bond motifs is 2. The van der Waals surface area contributed by atoms with Gasteiger partial charge in [-0.3, -0.25) is 4.79 Å². The smallest absolute Gasteiger partial charge is 0.267 e. The monoisotopic (exact) mass is 327 g/mol. The zero-order valence-electron chi connectivity index (χ0n) is 13.9. The van der Waals surface area contributed by atoms with Crippen LogP contribution in [0.4, 0.5) is 0 Å². The molecule has 0 radical (unpaired) electrons. The van der Waals surface area contributed by atoms with Gasteiger partial charge in [0.15, 0.2) is 0 Å². The quantitative estimate of drug-likeness (QED) is 0.620. The van der Waals surface area contributed by atoms with Crippen LogP contribution in [0, 0.1) is 0 Å². The predicted molar refractivity (Wildman–Crippen MR) is 101 cm³/mol. The molecule has 0 fully saturated rings. The van der Waals surface area contributed by atoms with Crippen molar-refractivity contribution in [3.05, 3.63) is 84.2 Å². The molecule has 4 nitrogen and oxygen atoms in total. The van der Waals surface area contributed by atoms with Crippen molar-refractivity contribution in [3.63, 3.8) is 0 Å². The molecule has 2 aromatic heterocycles. The highest BCUT2D eigenvalue weighted by molar-refractivity contribution is 6.01. The molecule has 0 atom stereocenters. The van der Waals surface area contributed by atoms with Crippen LogP contribution in [-0.4, -0.2) is 15.5 Å². The van der Waals surface area contributed by atoms with E-state index in [0.29, 0.717) is 0 Å². The molecule has 0 spiro atoms. The second-order valence-corrected chi connectivity index (χ2v) is 6.12. The fraction of sp³-hybridized carbons (Fsp3) is 0.0476. The van der Waals surface area contributed by atoms with Gasteiger partial charge in [0.1, 0.15) is 5.69 Å². The molecule has 0 unspecified atom stereocenters. The molecule has 2 N–H and O–H groups in total. The number of benzene rings is 2. The maximum Gasteiger partial charge on any atom is 0.267 e. The summed E-state index contributed by atoms with van der Waals surface area (Å²) in [6.45, 7) is 4.27. The normalized spacial score (nSPS) is 11.1. The Balaban J connectivity index is 1.92. The summed E-state index contributed by atoms with van der Waals surface area (Å²) in [6, 6.07) is 17.7. The first-order chi connectivity index (χ1) is 12.0. The number of amides is 1. The maximum atomic E-state index is 11.7. The summed E-state index contributed by atoms with van der Waals surface area (Å²) in [6.07, 6.45) is 2.03. The van der Waals surface area contributed by atoms with Gasteiger partial charge in [-0.1, -0.05) is 30.8 Å². The van der Waals surface area contributed by atoms with Gasteiger partial charge >= 0.3 is 0 Å². The molecule has 122 valence electrons. The Labute approximate surface area is 145 Å². The van der Waals surface area contributed by atoms with Crippen molar-refractivity contribution in [1.82, 2.24) is 9.55 Å². The lowest BCUT2D eigenvalue weighted by atomic mass is 9.95. The summed E-state index contributed by atoms with van der Waals surface area (Å²) in [5, 5.41) is 2.10. The van der Waals surface area contributed by atoms with E-state index in [0.717, 1.165) is 38.5 Å². The molecule has 0 saturated heterocycles. The second kappa shape index (κ2) is 5.60. The van der Waals surface area contributed by atoms with Crippen molar-refractivity contribution in [2.45, 2.75) is 0 Å². The predicted octanol–water partition coefficient (Wildman–Crippen LogP) is 3.89. The Hall–Kier alpha value is -3.40. The second-order valence-electron chi connectivity index (χ2n) is 6.12. The topological polar surface area (TPSA) is 60.9 Å². The van der Waals surface area contributed by atoms with Gasteiger partial charge < -0.3 is 10.3 Å². The third-order valence-corrected chi connectivity index (χ3v) is 4.53. The lowest BCUT2D eigenvalue weighted by Gasteiger charge is -2.12. The Bertz CT molecular complexity index is 1150. The summed E-state index contributed by atoms with van der Waals surface area (Å²) in [5.74, 6) is -0.543. The molecular weight excluding hydrogens is 310 g/mol. The lowest BCUT2D eigenvalue weighted by Crippen LogP contribution is -2.13. The lowest BCUT2D eigenvalue weighted by molar-refractivity contribution is 0.0996. The molecule has 25 heavy (non-hydrogen) atoms. The molecule has 0 aliphatic carbocycles. The molecule has 0 aliphatic rings. The van der Waals surface area contributed by atoms with Crippen molar-refractivity contribution in [2.24, 2.45) is 12.8 Å². The van der Waals surface area contributed by atoms with E-state index in [9.17, 15) is 4.79 Å². The SMILES string of the molecule is C=C(c1ccc2c(ccn2C)c1)c1cc(C(N)=O)nc2ccccc12. The average molecular weight is 327 g/mol. The number of rotatable bonds is 3. The molecule has 2 heterocycles. The number of carbonyl (C=O) groups excluding carboxylic acids is 1. The largest absolute Gasteiger partial charge is 0.364 e. The first-order valence-corrected chi connectivity index (χ1v) is 7.99. The van der Waals surface area contributed by atoms with Crippen molar-refractivity contribution < 1.29 is 4.79 Å². The van der Waals surface area contributed by atoms with Crippen molar-refractivity contribution >= 4 is 33.3 Å². The number of carbonyl (C=O) groups is 1. The van der Waals surface area contributed by atoms with Crippen LogP contribution in [0.25, 0.3) is 27.4 Å². The molecule has 0 aliphatic heterocycles. The van der Waals surface area contributed by atoms with Crippen LogP contribution in [0.2, 0.25) is 0 Å². The van der Waals surface area contributed by atoms with Crippen LogP contribution in [0.3, 0.4) is 0 Å². The minimum atomic E-state index is -0.543. The first-order valence-electron chi connectivity index (χ1n) is 7.99. The third kappa shape index (κ3) is 2.48. The summed E-state index contributed by atoms with van der Waals surface area (Å²) < 4.78 is 2.08. The van der Waals surface area contributed by atoms with Crippen molar-refractivity contribution in [2.75, 3.05) is 0 Å². The van der Waals surface area contributed by atoms with E-state index in [4.69, 9.17) is 5.73 Å². The number of nitrogens with zero attached hydrogens (tertiary/aromatic N) is 2. The number of para-hydroxylation sites is 1.